The second kappa shape index (κ2) is 6.27. The summed E-state index contributed by atoms with van der Waals surface area (Å²) in [5, 5.41) is 21.0. The first-order valence-corrected chi connectivity index (χ1v) is 6.35. The van der Waals surface area contributed by atoms with Gasteiger partial charge in [0.05, 0.1) is 11.5 Å². The third-order valence-electron chi connectivity index (χ3n) is 2.73. The third kappa shape index (κ3) is 3.31. The number of amides is 1. The summed E-state index contributed by atoms with van der Waals surface area (Å²) in [6.45, 7) is 2.66. The number of aromatic nitrogens is 4. The van der Waals surface area contributed by atoms with Crippen molar-refractivity contribution >= 4 is 23.2 Å². The minimum atomic E-state index is -0.688. The summed E-state index contributed by atoms with van der Waals surface area (Å²) in [6, 6.07) is 1.15. The van der Waals surface area contributed by atoms with E-state index in [1.165, 1.54) is 6.33 Å². The maximum Gasteiger partial charge on any atom is 0.300 e. The molecule has 0 saturated carbocycles. The zero-order chi connectivity index (χ0) is 15.4. The fraction of sp³-hybridized carbons (Fsp3) is 0.273. The first-order chi connectivity index (χ1) is 10.0. The van der Waals surface area contributed by atoms with Crippen molar-refractivity contribution in [2.75, 3.05) is 0 Å². The van der Waals surface area contributed by atoms with Crippen molar-refractivity contribution in [3.8, 4) is 0 Å². The number of nitro groups is 1. The van der Waals surface area contributed by atoms with Crippen LogP contribution in [0.15, 0.2) is 18.6 Å². The molecule has 0 radical (unpaired) electrons. The molecular weight excluding hydrogens is 300 g/mol. The number of pyridine rings is 1. The molecule has 0 atom stereocenters. The summed E-state index contributed by atoms with van der Waals surface area (Å²) >= 11 is 5.67. The van der Waals surface area contributed by atoms with E-state index in [1.54, 1.807) is 4.57 Å². The van der Waals surface area contributed by atoms with Gasteiger partial charge in [0, 0.05) is 6.54 Å². The van der Waals surface area contributed by atoms with Gasteiger partial charge < -0.3 is 9.88 Å². The Labute approximate surface area is 124 Å². The van der Waals surface area contributed by atoms with Crippen LogP contribution in [0, 0.1) is 10.1 Å². The highest BCUT2D eigenvalue weighted by Gasteiger charge is 2.21. The molecule has 0 saturated heterocycles. The molecule has 0 unspecified atom stereocenters. The molecule has 1 N–H and O–H groups in total. The van der Waals surface area contributed by atoms with Crippen molar-refractivity contribution in [1.82, 2.24) is 25.1 Å². The lowest BCUT2D eigenvalue weighted by molar-refractivity contribution is -0.385. The monoisotopic (exact) mass is 310 g/mol. The molecule has 2 rings (SSSR count). The maximum absolute atomic E-state index is 12.1. The van der Waals surface area contributed by atoms with Gasteiger partial charge in [-0.15, -0.1) is 10.2 Å². The van der Waals surface area contributed by atoms with Crippen LogP contribution in [0.5, 0.6) is 0 Å². The average Bonchev–Trinajstić information content (AvgIpc) is 2.91. The van der Waals surface area contributed by atoms with Gasteiger partial charge in [-0.25, -0.2) is 4.98 Å². The number of rotatable bonds is 5. The van der Waals surface area contributed by atoms with E-state index in [0.29, 0.717) is 12.4 Å². The lowest BCUT2D eigenvalue weighted by Crippen LogP contribution is -2.25. The zero-order valence-electron chi connectivity index (χ0n) is 11.0. The Morgan fingerprint density at radius 3 is 3.00 bits per heavy atom. The average molecular weight is 311 g/mol. The molecule has 21 heavy (non-hydrogen) atoms. The molecular formula is C11H11ClN6O3. The first kappa shape index (κ1) is 14.9. The number of nitrogens with one attached hydrogen (secondary N) is 1. The third-order valence-corrected chi connectivity index (χ3v) is 2.94. The predicted octanol–water partition coefficient (Wildman–Crippen LogP) is 1.18. The van der Waals surface area contributed by atoms with Crippen molar-refractivity contribution in [2.24, 2.45) is 0 Å². The Morgan fingerprint density at radius 1 is 1.57 bits per heavy atom. The Morgan fingerprint density at radius 2 is 2.33 bits per heavy atom. The normalized spacial score (nSPS) is 10.4. The molecule has 9 nitrogen and oxygen atoms in total. The highest BCUT2D eigenvalue weighted by molar-refractivity contribution is 6.29. The van der Waals surface area contributed by atoms with Crippen LogP contribution in [0.25, 0.3) is 0 Å². The quantitative estimate of drug-likeness (QED) is 0.503. The number of carbonyl (C=O) groups excluding carboxylic acids is 1. The van der Waals surface area contributed by atoms with Gasteiger partial charge in [-0.05, 0) is 13.0 Å². The Balaban J connectivity index is 2.17. The number of hydrogen-bond acceptors (Lipinski definition) is 6. The molecule has 0 aliphatic rings. The molecule has 110 valence electrons. The molecule has 0 fully saturated rings. The van der Waals surface area contributed by atoms with Gasteiger partial charge in [0.1, 0.15) is 23.2 Å². The SMILES string of the molecule is CCn1cnnc1CNC(=O)c1cc(Cl)ncc1[N+](=O)[O-]. The van der Waals surface area contributed by atoms with Gasteiger partial charge in [0.2, 0.25) is 0 Å². The maximum atomic E-state index is 12.1. The molecule has 0 aliphatic heterocycles. The van der Waals surface area contributed by atoms with Crippen LogP contribution in [0.4, 0.5) is 5.69 Å². The van der Waals surface area contributed by atoms with Crippen molar-refractivity contribution in [3.05, 3.63) is 45.2 Å². The van der Waals surface area contributed by atoms with Crippen molar-refractivity contribution < 1.29 is 9.72 Å². The van der Waals surface area contributed by atoms with E-state index < -0.39 is 16.5 Å². The fourth-order valence-electron chi connectivity index (χ4n) is 1.68. The molecule has 2 aromatic rings. The molecule has 0 aliphatic carbocycles. The van der Waals surface area contributed by atoms with E-state index in [0.717, 1.165) is 12.3 Å². The van der Waals surface area contributed by atoms with E-state index in [9.17, 15) is 14.9 Å². The van der Waals surface area contributed by atoms with Gasteiger partial charge >= 0.3 is 0 Å². The number of nitrogens with zero attached hydrogens (tertiary/aromatic N) is 5. The highest BCUT2D eigenvalue weighted by atomic mass is 35.5. The van der Waals surface area contributed by atoms with Crippen LogP contribution in [-0.4, -0.2) is 30.6 Å². The summed E-state index contributed by atoms with van der Waals surface area (Å²) in [4.78, 5) is 25.9. The lowest BCUT2D eigenvalue weighted by atomic mass is 10.2. The van der Waals surface area contributed by atoms with Gasteiger partial charge in [-0.2, -0.15) is 0 Å². The fourth-order valence-corrected chi connectivity index (χ4v) is 1.84. The van der Waals surface area contributed by atoms with E-state index in [4.69, 9.17) is 11.6 Å². The number of carbonyl (C=O) groups is 1. The molecule has 10 heteroatoms. The summed E-state index contributed by atoms with van der Waals surface area (Å²) in [7, 11) is 0. The molecule has 0 aromatic carbocycles. The van der Waals surface area contributed by atoms with Gasteiger partial charge in [0.25, 0.3) is 11.6 Å². The van der Waals surface area contributed by atoms with Crippen LogP contribution in [0.3, 0.4) is 0 Å². The van der Waals surface area contributed by atoms with E-state index in [2.05, 4.69) is 20.5 Å². The topological polar surface area (TPSA) is 116 Å². The van der Waals surface area contributed by atoms with Crippen molar-refractivity contribution in [2.45, 2.75) is 20.0 Å². The minimum Gasteiger partial charge on any atom is -0.345 e. The van der Waals surface area contributed by atoms with Crippen LogP contribution >= 0.6 is 11.6 Å². The summed E-state index contributed by atoms with van der Waals surface area (Å²) in [6.07, 6.45) is 2.49. The standard InChI is InChI=1S/C11H11ClN6O3/c1-2-17-6-15-16-10(17)5-14-11(19)7-3-9(12)13-4-8(7)18(20)21/h3-4,6H,2,5H2,1H3,(H,14,19). The molecule has 0 bridgehead atoms. The van der Waals surface area contributed by atoms with Crippen LogP contribution in [-0.2, 0) is 13.1 Å². The second-order valence-electron chi connectivity index (χ2n) is 4.00. The largest absolute Gasteiger partial charge is 0.345 e. The minimum absolute atomic E-state index is 0.00229. The molecule has 0 spiro atoms. The Hall–Kier alpha value is -2.55. The smallest absolute Gasteiger partial charge is 0.300 e. The van der Waals surface area contributed by atoms with Crippen molar-refractivity contribution in [3.63, 3.8) is 0 Å². The first-order valence-electron chi connectivity index (χ1n) is 5.97. The summed E-state index contributed by atoms with van der Waals surface area (Å²) < 4.78 is 1.74. The number of aryl methyl sites for hydroxylation is 1. The summed E-state index contributed by atoms with van der Waals surface area (Å²) in [5.74, 6) is -0.0784. The predicted molar refractivity (Wildman–Crippen MR) is 72.8 cm³/mol. The number of halogens is 1. The van der Waals surface area contributed by atoms with E-state index >= 15 is 0 Å². The van der Waals surface area contributed by atoms with E-state index in [-0.39, 0.29) is 17.3 Å². The Bertz CT molecular complexity index is 686. The Kier molecular flexibility index (Phi) is 4.43. The van der Waals surface area contributed by atoms with Gasteiger partial charge in [0.15, 0.2) is 5.82 Å². The van der Waals surface area contributed by atoms with Crippen molar-refractivity contribution in [1.29, 1.82) is 0 Å². The summed E-state index contributed by atoms with van der Waals surface area (Å²) in [5.41, 5.74) is -0.559. The number of hydrogen-bond donors (Lipinski definition) is 1. The highest BCUT2D eigenvalue weighted by Crippen LogP contribution is 2.20. The molecule has 2 heterocycles. The van der Waals surface area contributed by atoms with E-state index in [1.807, 2.05) is 6.92 Å². The van der Waals surface area contributed by atoms with Crippen LogP contribution in [0.1, 0.15) is 23.1 Å². The molecule has 2 aromatic heterocycles. The second-order valence-corrected chi connectivity index (χ2v) is 4.38. The lowest BCUT2D eigenvalue weighted by Gasteiger charge is -2.06. The van der Waals surface area contributed by atoms with Gasteiger partial charge in [-0.3, -0.25) is 14.9 Å². The van der Waals surface area contributed by atoms with Crippen LogP contribution in [0.2, 0.25) is 5.15 Å². The van der Waals surface area contributed by atoms with Gasteiger partial charge in [-0.1, -0.05) is 11.6 Å². The zero-order valence-corrected chi connectivity index (χ0v) is 11.7. The van der Waals surface area contributed by atoms with Crippen LogP contribution < -0.4 is 5.32 Å². The molecule has 1 amide bonds.